The number of benzene rings is 1. The number of Topliss-reactive ketones (excluding diaryl/α,β-unsaturated/α-hetero) is 1. The first-order chi connectivity index (χ1) is 10.5. The van der Waals surface area contributed by atoms with Gasteiger partial charge in [0.05, 0.1) is 5.02 Å². The highest BCUT2D eigenvalue weighted by atomic mass is 35.5. The Hall–Kier alpha value is -1.81. The minimum Gasteiger partial charge on any atom is -0.481 e. The molecular weight excluding hydrogens is 304 g/mol. The van der Waals surface area contributed by atoms with Gasteiger partial charge in [-0.25, -0.2) is 4.79 Å². The zero-order valence-electron chi connectivity index (χ0n) is 12.6. The van der Waals surface area contributed by atoms with E-state index in [4.69, 9.17) is 20.8 Å². The number of hydrogen-bond acceptors (Lipinski definition) is 4. The Balaban J connectivity index is 2.14. The molecule has 2 aromatic rings. The molecule has 1 aromatic carbocycles. The third kappa shape index (κ3) is 2.63. The van der Waals surface area contributed by atoms with Crippen LogP contribution in [0.25, 0.3) is 11.0 Å². The van der Waals surface area contributed by atoms with Crippen molar-refractivity contribution >= 4 is 28.4 Å². The molecule has 0 amide bonds. The van der Waals surface area contributed by atoms with Crippen LogP contribution in [0.5, 0.6) is 5.75 Å². The standard InChI is InChI=1S/C17H17ClO4/c1-9(19)10(2)21-16-8-15-13(7-14(16)18)11-5-3-4-6-12(11)17(20)22-15/h7-8,10H,3-6H2,1-2H3/t10-/m1/s1. The number of ether oxygens (including phenoxy) is 1. The Kier molecular flexibility index (Phi) is 3.96. The summed E-state index contributed by atoms with van der Waals surface area (Å²) in [5, 5.41) is 1.28. The SMILES string of the molecule is CC(=O)[C@@H](C)Oc1cc2oc(=O)c3c(c2cc1Cl)CCCC3. The first kappa shape index (κ1) is 15.1. The van der Waals surface area contributed by atoms with Crippen LogP contribution in [0.4, 0.5) is 0 Å². The summed E-state index contributed by atoms with van der Waals surface area (Å²) in [6.07, 6.45) is 3.08. The lowest BCUT2D eigenvalue weighted by Gasteiger charge is -2.18. The fourth-order valence-electron chi connectivity index (χ4n) is 2.81. The van der Waals surface area contributed by atoms with E-state index >= 15 is 0 Å². The second-order valence-electron chi connectivity index (χ2n) is 5.70. The van der Waals surface area contributed by atoms with Crippen molar-refractivity contribution in [2.75, 3.05) is 0 Å². The monoisotopic (exact) mass is 320 g/mol. The van der Waals surface area contributed by atoms with Crippen molar-refractivity contribution in [3.05, 3.63) is 38.7 Å². The Labute approximate surface area is 133 Å². The average Bonchev–Trinajstić information content (AvgIpc) is 2.49. The molecule has 1 aliphatic carbocycles. The molecule has 1 aliphatic rings. The highest BCUT2D eigenvalue weighted by Gasteiger charge is 2.20. The quantitative estimate of drug-likeness (QED) is 0.809. The predicted octanol–water partition coefficient (Wildman–Crippen LogP) is 3.68. The van der Waals surface area contributed by atoms with Crippen molar-refractivity contribution in [2.45, 2.75) is 45.6 Å². The molecule has 22 heavy (non-hydrogen) atoms. The molecule has 4 nitrogen and oxygen atoms in total. The maximum absolute atomic E-state index is 12.1. The van der Waals surface area contributed by atoms with Gasteiger partial charge in [-0.05, 0) is 51.2 Å². The number of rotatable bonds is 3. The number of fused-ring (bicyclic) bond motifs is 3. The topological polar surface area (TPSA) is 56.5 Å². The van der Waals surface area contributed by atoms with Crippen molar-refractivity contribution < 1.29 is 13.9 Å². The Morgan fingerprint density at radius 2 is 1.95 bits per heavy atom. The molecule has 1 heterocycles. The molecule has 1 aromatic heterocycles. The molecule has 3 rings (SSSR count). The molecule has 1 atom stereocenters. The third-order valence-electron chi connectivity index (χ3n) is 4.15. The Bertz CT molecular complexity index is 806. The molecule has 0 spiro atoms. The minimum absolute atomic E-state index is 0.0944. The zero-order valence-corrected chi connectivity index (χ0v) is 13.3. The lowest BCUT2D eigenvalue weighted by molar-refractivity contribution is -0.122. The molecule has 0 radical (unpaired) electrons. The second kappa shape index (κ2) is 5.76. The van der Waals surface area contributed by atoms with Gasteiger partial charge in [-0.2, -0.15) is 0 Å². The smallest absolute Gasteiger partial charge is 0.339 e. The summed E-state index contributed by atoms with van der Waals surface area (Å²) < 4.78 is 11.0. The maximum Gasteiger partial charge on any atom is 0.339 e. The highest BCUT2D eigenvalue weighted by molar-refractivity contribution is 6.32. The van der Waals surface area contributed by atoms with Gasteiger partial charge in [0, 0.05) is 17.0 Å². The van der Waals surface area contributed by atoms with Crippen molar-refractivity contribution in [3.8, 4) is 5.75 Å². The van der Waals surface area contributed by atoms with E-state index in [9.17, 15) is 9.59 Å². The maximum atomic E-state index is 12.1. The molecule has 0 N–H and O–H groups in total. The van der Waals surface area contributed by atoms with Crippen LogP contribution in [-0.4, -0.2) is 11.9 Å². The van der Waals surface area contributed by atoms with E-state index in [0.29, 0.717) is 16.4 Å². The van der Waals surface area contributed by atoms with E-state index in [1.807, 2.05) is 0 Å². The van der Waals surface area contributed by atoms with Gasteiger partial charge in [0.1, 0.15) is 11.3 Å². The van der Waals surface area contributed by atoms with Crippen LogP contribution in [0, 0.1) is 0 Å². The largest absolute Gasteiger partial charge is 0.481 e. The van der Waals surface area contributed by atoms with E-state index in [-0.39, 0.29) is 11.4 Å². The van der Waals surface area contributed by atoms with Gasteiger partial charge in [0.15, 0.2) is 11.9 Å². The van der Waals surface area contributed by atoms with Crippen LogP contribution >= 0.6 is 11.6 Å². The second-order valence-corrected chi connectivity index (χ2v) is 6.11. The molecule has 0 fully saturated rings. The molecule has 0 aliphatic heterocycles. The number of hydrogen-bond donors (Lipinski definition) is 0. The van der Waals surface area contributed by atoms with E-state index in [1.165, 1.54) is 6.92 Å². The lowest BCUT2D eigenvalue weighted by atomic mass is 9.90. The van der Waals surface area contributed by atoms with Gasteiger partial charge in [-0.3, -0.25) is 4.79 Å². The summed E-state index contributed by atoms with van der Waals surface area (Å²) in [6, 6.07) is 3.37. The van der Waals surface area contributed by atoms with Gasteiger partial charge in [-0.1, -0.05) is 11.6 Å². The van der Waals surface area contributed by atoms with Gasteiger partial charge >= 0.3 is 5.63 Å². The number of aryl methyl sites for hydroxylation is 1. The molecule has 116 valence electrons. The van der Waals surface area contributed by atoms with E-state index in [0.717, 1.165) is 42.2 Å². The van der Waals surface area contributed by atoms with Gasteiger partial charge in [0.25, 0.3) is 0 Å². The van der Waals surface area contributed by atoms with Crippen LogP contribution in [-0.2, 0) is 17.6 Å². The molecule has 0 bridgehead atoms. The first-order valence-corrected chi connectivity index (χ1v) is 7.80. The fourth-order valence-corrected chi connectivity index (χ4v) is 3.02. The Morgan fingerprint density at radius 3 is 2.64 bits per heavy atom. The van der Waals surface area contributed by atoms with Crippen LogP contribution in [0.2, 0.25) is 5.02 Å². The summed E-state index contributed by atoms with van der Waals surface area (Å²) in [7, 11) is 0. The van der Waals surface area contributed by atoms with Gasteiger partial charge < -0.3 is 9.15 Å². The van der Waals surface area contributed by atoms with Crippen LogP contribution < -0.4 is 10.4 Å². The van der Waals surface area contributed by atoms with Crippen LogP contribution in [0.3, 0.4) is 0 Å². The van der Waals surface area contributed by atoms with E-state index in [1.54, 1.807) is 19.1 Å². The normalized spacial score (nSPS) is 15.4. The van der Waals surface area contributed by atoms with Crippen molar-refractivity contribution in [1.29, 1.82) is 0 Å². The van der Waals surface area contributed by atoms with Crippen LogP contribution in [0.15, 0.2) is 21.3 Å². The summed E-state index contributed by atoms with van der Waals surface area (Å²) in [4.78, 5) is 23.4. The Morgan fingerprint density at radius 1 is 1.27 bits per heavy atom. The highest BCUT2D eigenvalue weighted by Crippen LogP contribution is 2.34. The summed E-state index contributed by atoms with van der Waals surface area (Å²) in [5.41, 5.74) is 1.97. The molecule has 0 unspecified atom stereocenters. The predicted molar refractivity (Wildman–Crippen MR) is 84.9 cm³/mol. The molecule has 0 saturated carbocycles. The third-order valence-corrected chi connectivity index (χ3v) is 4.45. The fraction of sp³-hybridized carbons (Fsp3) is 0.412. The van der Waals surface area contributed by atoms with Gasteiger partial charge in [0.2, 0.25) is 0 Å². The van der Waals surface area contributed by atoms with Crippen LogP contribution in [0.1, 0.15) is 37.8 Å². The summed E-state index contributed by atoms with van der Waals surface area (Å²) in [6.45, 7) is 3.11. The number of halogens is 1. The summed E-state index contributed by atoms with van der Waals surface area (Å²) in [5.74, 6) is 0.263. The number of carbonyl (C=O) groups is 1. The lowest BCUT2D eigenvalue weighted by Crippen LogP contribution is -2.21. The minimum atomic E-state index is -0.598. The molecule has 0 saturated heterocycles. The van der Waals surface area contributed by atoms with Crippen molar-refractivity contribution in [1.82, 2.24) is 0 Å². The van der Waals surface area contributed by atoms with E-state index < -0.39 is 6.10 Å². The summed E-state index contributed by atoms with van der Waals surface area (Å²) >= 11 is 6.28. The van der Waals surface area contributed by atoms with E-state index in [2.05, 4.69) is 0 Å². The van der Waals surface area contributed by atoms with Gasteiger partial charge in [-0.15, -0.1) is 0 Å². The van der Waals surface area contributed by atoms with Crippen molar-refractivity contribution in [2.24, 2.45) is 0 Å². The first-order valence-electron chi connectivity index (χ1n) is 7.42. The molecular formula is C17H17ClO4. The average molecular weight is 321 g/mol. The number of carbonyl (C=O) groups excluding carboxylic acids is 1. The van der Waals surface area contributed by atoms with Crippen molar-refractivity contribution in [3.63, 3.8) is 0 Å². The number of ketones is 1. The zero-order chi connectivity index (χ0) is 15.9. The molecule has 5 heteroatoms.